The fourth-order valence-electron chi connectivity index (χ4n) is 5.23. The molecule has 1 aliphatic heterocycles. The van der Waals surface area contributed by atoms with Crippen LogP contribution >= 0.6 is 0 Å². The highest BCUT2D eigenvalue weighted by Crippen LogP contribution is 2.31. The SMILES string of the molecule is C=Cc1ccc(C2CCN(CCCOc3cccc4cc(C(=N)OC(=N)c5ccccc5)oc34)CC2)cc1C=C. The van der Waals surface area contributed by atoms with Gasteiger partial charge in [0.1, 0.15) is 0 Å². The third kappa shape index (κ3) is 6.24. The van der Waals surface area contributed by atoms with Crippen LogP contribution in [0.4, 0.5) is 0 Å². The van der Waals surface area contributed by atoms with Crippen molar-refractivity contribution in [1.29, 1.82) is 10.8 Å². The molecule has 5 rings (SSSR count). The zero-order chi connectivity index (χ0) is 27.9. The van der Waals surface area contributed by atoms with E-state index in [4.69, 9.17) is 24.7 Å². The van der Waals surface area contributed by atoms with Crippen LogP contribution in [0.2, 0.25) is 0 Å². The molecule has 0 radical (unpaired) electrons. The average Bonchev–Trinajstić information content (AvgIpc) is 3.45. The van der Waals surface area contributed by atoms with Crippen molar-refractivity contribution in [2.24, 2.45) is 0 Å². The fraction of sp³-hybridized carbons (Fsp3) is 0.235. The molecule has 6 nitrogen and oxygen atoms in total. The van der Waals surface area contributed by atoms with Crippen LogP contribution < -0.4 is 4.74 Å². The smallest absolute Gasteiger partial charge is 0.257 e. The zero-order valence-electron chi connectivity index (χ0n) is 22.7. The van der Waals surface area contributed by atoms with Crippen LogP contribution in [0.5, 0.6) is 5.75 Å². The topological polar surface area (TPSA) is 82.5 Å². The van der Waals surface area contributed by atoms with Crippen molar-refractivity contribution in [3.8, 4) is 5.75 Å². The van der Waals surface area contributed by atoms with Crippen LogP contribution in [0.15, 0.2) is 90.4 Å². The Morgan fingerprint density at radius 3 is 2.42 bits per heavy atom. The summed E-state index contributed by atoms with van der Waals surface area (Å²) in [5, 5.41) is 17.2. The molecule has 1 aromatic heterocycles. The van der Waals surface area contributed by atoms with Crippen molar-refractivity contribution >= 4 is 34.9 Å². The molecule has 0 bridgehead atoms. The lowest BCUT2D eigenvalue weighted by Crippen LogP contribution is -2.34. The summed E-state index contributed by atoms with van der Waals surface area (Å²) >= 11 is 0. The van der Waals surface area contributed by atoms with Crippen molar-refractivity contribution in [1.82, 2.24) is 4.90 Å². The molecule has 0 atom stereocenters. The lowest BCUT2D eigenvalue weighted by Gasteiger charge is -2.32. The largest absolute Gasteiger partial charge is 0.490 e. The molecule has 3 aromatic carbocycles. The molecular formula is C34H35N3O3. The molecule has 4 aromatic rings. The molecule has 1 aliphatic rings. The second kappa shape index (κ2) is 12.6. The monoisotopic (exact) mass is 533 g/mol. The molecule has 0 saturated carbocycles. The van der Waals surface area contributed by atoms with Gasteiger partial charge in [0.25, 0.3) is 5.90 Å². The van der Waals surface area contributed by atoms with Gasteiger partial charge >= 0.3 is 0 Å². The second-order valence-electron chi connectivity index (χ2n) is 10.0. The van der Waals surface area contributed by atoms with Gasteiger partial charge in [-0.2, -0.15) is 0 Å². The number of fused-ring (bicyclic) bond motifs is 1. The number of furan rings is 1. The van der Waals surface area contributed by atoms with Crippen LogP contribution in [-0.2, 0) is 4.74 Å². The molecule has 0 amide bonds. The number of ether oxygens (including phenoxy) is 2. The number of rotatable bonds is 10. The lowest BCUT2D eigenvalue weighted by atomic mass is 9.87. The summed E-state index contributed by atoms with van der Waals surface area (Å²) in [5.74, 6) is 1.17. The first kappa shape index (κ1) is 27.2. The van der Waals surface area contributed by atoms with E-state index < -0.39 is 0 Å². The molecular weight excluding hydrogens is 498 g/mol. The maximum atomic E-state index is 8.29. The van der Waals surface area contributed by atoms with E-state index in [1.54, 1.807) is 18.2 Å². The van der Waals surface area contributed by atoms with Gasteiger partial charge in [0.15, 0.2) is 17.1 Å². The van der Waals surface area contributed by atoms with Gasteiger partial charge in [-0.3, -0.25) is 10.8 Å². The van der Waals surface area contributed by atoms with Crippen LogP contribution in [0.1, 0.15) is 53.2 Å². The van der Waals surface area contributed by atoms with Crippen molar-refractivity contribution in [3.63, 3.8) is 0 Å². The summed E-state index contributed by atoms with van der Waals surface area (Å²) in [4.78, 5) is 2.51. The Labute approximate surface area is 235 Å². The maximum Gasteiger partial charge on any atom is 0.257 e. The van der Waals surface area contributed by atoms with E-state index in [2.05, 4.69) is 36.3 Å². The van der Waals surface area contributed by atoms with E-state index in [9.17, 15) is 0 Å². The lowest BCUT2D eigenvalue weighted by molar-refractivity contribution is 0.193. The average molecular weight is 534 g/mol. The zero-order valence-corrected chi connectivity index (χ0v) is 22.7. The number of nitrogens with one attached hydrogen (secondary N) is 2. The molecule has 6 heteroatoms. The Morgan fingerprint density at radius 2 is 1.68 bits per heavy atom. The Kier molecular flexibility index (Phi) is 8.57. The fourth-order valence-corrected chi connectivity index (χ4v) is 5.23. The Hall–Kier alpha value is -4.42. The number of nitrogens with zero attached hydrogens (tertiary/aromatic N) is 1. The first-order chi connectivity index (χ1) is 19.6. The van der Waals surface area contributed by atoms with E-state index >= 15 is 0 Å². The van der Waals surface area contributed by atoms with Crippen molar-refractivity contribution < 1.29 is 13.9 Å². The Morgan fingerprint density at radius 1 is 0.900 bits per heavy atom. The van der Waals surface area contributed by atoms with Gasteiger partial charge in [0.2, 0.25) is 5.90 Å². The predicted octanol–water partition coefficient (Wildman–Crippen LogP) is 7.73. The van der Waals surface area contributed by atoms with Crippen molar-refractivity contribution in [3.05, 3.63) is 114 Å². The Balaban J connectivity index is 1.11. The number of benzene rings is 3. The third-order valence-corrected chi connectivity index (χ3v) is 7.46. The van der Waals surface area contributed by atoms with Gasteiger partial charge in [-0.1, -0.05) is 73.8 Å². The van der Waals surface area contributed by atoms with Gasteiger partial charge in [-0.15, -0.1) is 0 Å². The van der Waals surface area contributed by atoms with E-state index in [0.29, 0.717) is 29.4 Å². The normalized spacial score (nSPS) is 14.1. The van der Waals surface area contributed by atoms with E-state index in [1.807, 2.05) is 48.6 Å². The number of piperidine rings is 1. The summed E-state index contributed by atoms with van der Waals surface area (Å²) in [5.41, 5.74) is 4.86. The first-order valence-electron chi connectivity index (χ1n) is 13.7. The molecule has 0 unspecified atom stereocenters. The van der Waals surface area contributed by atoms with Crippen molar-refractivity contribution in [2.75, 3.05) is 26.2 Å². The summed E-state index contributed by atoms with van der Waals surface area (Å²) < 4.78 is 17.5. The predicted molar refractivity (Wildman–Crippen MR) is 163 cm³/mol. The molecule has 2 heterocycles. The van der Waals surface area contributed by atoms with E-state index in [1.165, 1.54) is 5.56 Å². The van der Waals surface area contributed by atoms with E-state index in [-0.39, 0.29) is 17.6 Å². The molecule has 1 fully saturated rings. The highest BCUT2D eigenvalue weighted by molar-refractivity contribution is 6.05. The van der Waals surface area contributed by atoms with Gasteiger partial charge < -0.3 is 18.8 Å². The molecule has 2 N–H and O–H groups in total. The van der Waals surface area contributed by atoms with Gasteiger partial charge in [-0.05, 0) is 79.2 Å². The van der Waals surface area contributed by atoms with Gasteiger partial charge in [0, 0.05) is 17.5 Å². The quantitative estimate of drug-likeness (QED) is 0.124. The number of para-hydroxylation sites is 1. The van der Waals surface area contributed by atoms with Crippen LogP contribution in [0.25, 0.3) is 23.1 Å². The Bertz CT molecular complexity index is 1510. The van der Waals surface area contributed by atoms with Crippen LogP contribution in [0.3, 0.4) is 0 Å². The minimum Gasteiger partial charge on any atom is -0.490 e. The molecule has 40 heavy (non-hydrogen) atoms. The number of hydrogen-bond acceptors (Lipinski definition) is 6. The summed E-state index contributed by atoms with van der Waals surface area (Å²) in [7, 11) is 0. The van der Waals surface area contributed by atoms with Crippen LogP contribution in [-0.4, -0.2) is 42.9 Å². The number of hydrogen-bond donors (Lipinski definition) is 2. The summed E-state index contributed by atoms with van der Waals surface area (Å²) in [6.45, 7) is 11.6. The second-order valence-corrected chi connectivity index (χ2v) is 10.0. The van der Waals surface area contributed by atoms with Crippen molar-refractivity contribution in [2.45, 2.75) is 25.2 Å². The maximum absolute atomic E-state index is 8.29. The minimum atomic E-state index is -0.211. The van der Waals surface area contributed by atoms with Crippen LogP contribution in [0, 0.1) is 10.8 Å². The molecule has 204 valence electrons. The number of likely N-dealkylation sites (tertiary alicyclic amines) is 1. The molecule has 1 saturated heterocycles. The van der Waals surface area contributed by atoms with Gasteiger partial charge in [-0.25, -0.2) is 0 Å². The highest BCUT2D eigenvalue weighted by Gasteiger charge is 2.21. The molecule has 0 aliphatic carbocycles. The highest BCUT2D eigenvalue weighted by atomic mass is 16.5. The third-order valence-electron chi connectivity index (χ3n) is 7.46. The summed E-state index contributed by atoms with van der Waals surface area (Å²) in [6.07, 6.45) is 7.01. The standard InChI is InChI=1S/C34H35N3O3/c1-3-24-14-15-28(22-25(24)4-2)26-16-19-37(20-17-26)18-9-21-38-30-13-8-12-29-23-31(39-32(29)30)34(36)40-33(35)27-10-6-5-7-11-27/h3-8,10-15,22-23,26,35-36H,1-2,9,16-21H2. The molecule has 0 spiro atoms. The minimum absolute atomic E-state index is 0.0984. The first-order valence-corrected chi connectivity index (χ1v) is 13.7. The van der Waals surface area contributed by atoms with Gasteiger partial charge in [0.05, 0.1) is 6.61 Å². The van der Waals surface area contributed by atoms with E-state index in [0.717, 1.165) is 55.4 Å². The summed E-state index contributed by atoms with van der Waals surface area (Å²) in [6, 6.07) is 23.2.